The average molecular weight is 246 g/mol. The molecule has 0 spiro atoms. The highest BCUT2D eigenvalue weighted by atomic mass is 16.4. The third-order valence-corrected chi connectivity index (χ3v) is 2.64. The van der Waals surface area contributed by atoms with E-state index in [9.17, 15) is 4.79 Å². The van der Waals surface area contributed by atoms with Crippen molar-refractivity contribution in [3.8, 4) is 0 Å². The zero-order valence-corrected chi connectivity index (χ0v) is 9.76. The van der Waals surface area contributed by atoms with Crippen molar-refractivity contribution >= 4 is 22.6 Å². The molecule has 1 aromatic heterocycles. The summed E-state index contributed by atoms with van der Waals surface area (Å²) in [5, 5.41) is 22.5. The minimum Gasteiger partial charge on any atom is -0.478 e. The van der Waals surface area contributed by atoms with Crippen LogP contribution in [0.15, 0.2) is 30.5 Å². The highest BCUT2D eigenvalue weighted by Crippen LogP contribution is 2.22. The summed E-state index contributed by atoms with van der Waals surface area (Å²) in [6, 6.07) is 6.77. The molecule has 0 aliphatic rings. The SMILES string of the molecule is O=C(O)c1ccc2ccnc(NCCCO)c2c1. The maximum Gasteiger partial charge on any atom is 0.335 e. The number of carboxylic acid groups (broad SMARTS) is 1. The fourth-order valence-corrected chi connectivity index (χ4v) is 1.73. The molecule has 2 rings (SSSR count). The summed E-state index contributed by atoms with van der Waals surface area (Å²) >= 11 is 0. The van der Waals surface area contributed by atoms with Gasteiger partial charge in [0, 0.05) is 24.7 Å². The molecule has 94 valence electrons. The molecule has 0 amide bonds. The quantitative estimate of drug-likeness (QED) is 0.700. The highest BCUT2D eigenvalue weighted by molar-refractivity contribution is 5.98. The van der Waals surface area contributed by atoms with Crippen molar-refractivity contribution in [2.24, 2.45) is 0 Å². The number of aliphatic hydroxyl groups excluding tert-OH is 1. The van der Waals surface area contributed by atoms with Gasteiger partial charge in [-0.2, -0.15) is 0 Å². The van der Waals surface area contributed by atoms with Gasteiger partial charge in [0.15, 0.2) is 0 Å². The first kappa shape index (κ1) is 12.3. The fourth-order valence-electron chi connectivity index (χ4n) is 1.73. The maximum atomic E-state index is 10.9. The van der Waals surface area contributed by atoms with Crippen molar-refractivity contribution in [1.29, 1.82) is 0 Å². The second-order valence-electron chi connectivity index (χ2n) is 3.90. The minimum absolute atomic E-state index is 0.109. The molecule has 0 bridgehead atoms. The lowest BCUT2D eigenvalue weighted by Crippen LogP contribution is -2.05. The number of fused-ring (bicyclic) bond motifs is 1. The van der Waals surface area contributed by atoms with Gasteiger partial charge in [0.05, 0.1) is 5.56 Å². The Morgan fingerprint density at radius 3 is 2.89 bits per heavy atom. The van der Waals surface area contributed by atoms with Gasteiger partial charge in [-0.25, -0.2) is 9.78 Å². The van der Waals surface area contributed by atoms with E-state index in [1.807, 2.05) is 6.07 Å². The average Bonchev–Trinajstić information content (AvgIpc) is 2.38. The monoisotopic (exact) mass is 246 g/mol. The number of benzene rings is 1. The molecule has 2 aromatic rings. The van der Waals surface area contributed by atoms with Crippen LogP contribution in [-0.2, 0) is 0 Å². The standard InChI is InChI=1S/C13H14N2O3/c16-7-1-5-14-12-11-8-10(13(17)18)3-2-9(11)4-6-15-12/h2-4,6,8,16H,1,5,7H2,(H,14,15)(H,17,18). The Labute approximate surface area is 104 Å². The van der Waals surface area contributed by atoms with Gasteiger partial charge in [0.2, 0.25) is 0 Å². The molecule has 0 fully saturated rings. The van der Waals surface area contributed by atoms with Crippen molar-refractivity contribution in [1.82, 2.24) is 4.98 Å². The van der Waals surface area contributed by atoms with Crippen LogP contribution in [0.25, 0.3) is 10.8 Å². The summed E-state index contributed by atoms with van der Waals surface area (Å²) in [4.78, 5) is 15.1. The topological polar surface area (TPSA) is 82.5 Å². The normalized spacial score (nSPS) is 10.5. The van der Waals surface area contributed by atoms with Crippen molar-refractivity contribution in [2.75, 3.05) is 18.5 Å². The third-order valence-electron chi connectivity index (χ3n) is 2.64. The minimum atomic E-state index is -0.956. The number of nitrogens with zero attached hydrogens (tertiary/aromatic N) is 1. The first-order valence-corrected chi connectivity index (χ1v) is 5.69. The summed E-state index contributed by atoms with van der Waals surface area (Å²) in [7, 11) is 0. The second kappa shape index (κ2) is 5.46. The van der Waals surface area contributed by atoms with E-state index in [-0.39, 0.29) is 12.2 Å². The van der Waals surface area contributed by atoms with E-state index in [2.05, 4.69) is 10.3 Å². The first-order chi connectivity index (χ1) is 8.72. The molecule has 0 aliphatic carbocycles. The van der Waals surface area contributed by atoms with Crippen LogP contribution >= 0.6 is 0 Å². The highest BCUT2D eigenvalue weighted by Gasteiger charge is 2.07. The number of anilines is 1. The van der Waals surface area contributed by atoms with Gasteiger partial charge in [-0.15, -0.1) is 0 Å². The number of carboxylic acids is 1. The van der Waals surface area contributed by atoms with Gasteiger partial charge in [0.25, 0.3) is 0 Å². The number of pyridine rings is 1. The van der Waals surface area contributed by atoms with E-state index >= 15 is 0 Å². The van der Waals surface area contributed by atoms with Gasteiger partial charge in [-0.05, 0) is 30.0 Å². The van der Waals surface area contributed by atoms with Crippen LogP contribution in [0.1, 0.15) is 16.8 Å². The summed E-state index contributed by atoms with van der Waals surface area (Å²) in [5.41, 5.74) is 0.237. The van der Waals surface area contributed by atoms with E-state index in [0.29, 0.717) is 18.8 Å². The molecule has 0 saturated heterocycles. The summed E-state index contributed by atoms with van der Waals surface area (Å²) in [6.45, 7) is 0.706. The number of aromatic carboxylic acids is 1. The Morgan fingerprint density at radius 1 is 1.33 bits per heavy atom. The van der Waals surface area contributed by atoms with Gasteiger partial charge in [-0.3, -0.25) is 0 Å². The smallest absolute Gasteiger partial charge is 0.335 e. The molecule has 0 aliphatic heterocycles. The number of hydrogen-bond acceptors (Lipinski definition) is 4. The lowest BCUT2D eigenvalue weighted by Gasteiger charge is -2.08. The number of aromatic nitrogens is 1. The molecule has 0 unspecified atom stereocenters. The van der Waals surface area contributed by atoms with Crippen LogP contribution in [0.2, 0.25) is 0 Å². The molecule has 18 heavy (non-hydrogen) atoms. The lowest BCUT2D eigenvalue weighted by atomic mass is 10.1. The zero-order valence-electron chi connectivity index (χ0n) is 9.76. The van der Waals surface area contributed by atoms with Crippen molar-refractivity contribution in [2.45, 2.75) is 6.42 Å². The van der Waals surface area contributed by atoms with Gasteiger partial charge in [0.1, 0.15) is 5.82 Å². The Morgan fingerprint density at radius 2 is 2.17 bits per heavy atom. The zero-order chi connectivity index (χ0) is 13.0. The largest absolute Gasteiger partial charge is 0.478 e. The lowest BCUT2D eigenvalue weighted by molar-refractivity contribution is 0.0697. The van der Waals surface area contributed by atoms with E-state index in [4.69, 9.17) is 10.2 Å². The molecule has 1 heterocycles. The Bertz CT molecular complexity index is 569. The van der Waals surface area contributed by atoms with E-state index < -0.39 is 5.97 Å². The first-order valence-electron chi connectivity index (χ1n) is 5.69. The predicted molar refractivity (Wildman–Crippen MR) is 68.9 cm³/mol. The molecule has 3 N–H and O–H groups in total. The van der Waals surface area contributed by atoms with Crippen LogP contribution < -0.4 is 5.32 Å². The molecular formula is C13H14N2O3. The second-order valence-corrected chi connectivity index (χ2v) is 3.90. The molecule has 0 saturated carbocycles. The number of nitrogens with one attached hydrogen (secondary N) is 1. The summed E-state index contributed by atoms with van der Waals surface area (Å²) in [6.07, 6.45) is 2.29. The molecule has 5 heteroatoms. The van der Waals surface area contributed by atoms with Crippen LogP contribution in [0, 0.1) is 0 Å². The van der Waals surface area contributed by atoms with Crippen molar-refractivity contribution in [3.63, 3.8) is 0 Å². The van der Waals surface area contributed by atoms with Crippen LogP contribution in [0.3, 0.4) is 0 Å². The summed E-state index contributed by atoms with van der Waals surface area (Å²) < 4.78 is 0. The van der Waals surface area contributed by atoms with Crippen LogP contribution in [0.5, 0.6) is 0 Å². The number of rotatable bonds is 5. The van der Waals surface area contributed by atoms with Gasteiger partial charge in [-0.1, -0.05) is 6.07 Å². The Balaban J connectivity index is 2.39. The number of carbonyl (C=O) groups is 1. The van der Waals surface area contributed by atoms with Gasteiger partial charge < -0.3 is 15.5 Å². The van der Waals surface area contributed by atoms with Crippen LogP contribution in [0.4, 0.5) is 5.82 Å². The number of aliphatic hydroxyl groups is 1. The van der Waals surface area contributed by atoms with Gasteiger partial charge >= 0.3 is 5.97 Å². The van der Waals surface area contributed by atoms with E-state index in [0.717, 1.165) is 10.8 Å². The Hall–Kier alpha value is -2.14. The fraction of sp³-hybridized carbons (Fsp3) is 0.231. The predicted octanol–water partition coefficient (Wildman–Crippen LogP) is 1.73. The molecule has 5 nitrogen and oxygen atoms in total. The summed E-state index contributed by atoms with van der Waals surface area (Å²) in [5.74, 6) is -0.314. The van der Waals surface area contributed by atoms with Crippen LogP contribution in [-0.4, -0.2) is 34.3 Å². The van der Waals surface area contributed by atoms with Crippen molar-refractivity contribution < 1.29 is 15.0 Å². The van der Waals surface area contributed by atoms with E-state index in [1.165, 1.54) is 0 Å². The van der Waals surface area contributed by atoms with Crippen molar-refractivity contribution in [3.05, 3.63) is 36.0 Å². The molecule has 0 atom stereocenters. The maximum absolute atomic E-state index is 10.9. The molecular weight excluding hydrogens is 232 g/mol. The molecule has 1 aromatic carbocycles. The number of hydrogen-bond donors (Lipinski definition) is 3. The third kappa shape index (κ3) is 2.57. The molecule has 0 radical (unpaired) electrons. The van der Waals surface area contributed by atoms with E-state index in [1.54, 1.807) is 24.4 Å². The Kier molecular flexibility index (Phi) is 3.74.